The minimum Gasteiger partial charge on any atom is -0.467 e. The molecule has 0 spiro atoms. The van der Waals surface area contributed by atoms with E-state index in [1.54, 1.807) is 18.4 Å². The van der Waals surface area contributed by atoms with Crippen LogP contribution in [0.15, 0.2) is 22.8 Å². The van der Waals surface area contributed by atoms with Crippen molar-refractivity contribution in [3.05, 3.63) is 24.2 Å². The van der Waals surface area contributed by atoms with Crippen LogP contribution in [0.1, 0.15) is 58.3 Å². The molecule has 21 heavy (non-hydrogen) atoms. The smallest absolute Gasteiger partial charge is 0.223 e. The molecular formula is C17H27NO3. The molecule has 4 atom stereocenters. The molecule has 2 N–H and O–H groups in total. The van der Waals surface area contributed by atoms with E-state index in [0.717, 1.165) is 12.8 Å². The van der Waals surface area contributed by atoms with E-state index < -0.39 is 6.10 Å². The molecule has 0 aliphatic heterocycles. The lowest BCUT2D eigenvalue weighted by atomic mass is 9.76. The van der Waals surface area contributed by atoms with E-state index in [0.29, 0.717) is 24.0 Å². The Morgan fingerprint density at radius 2 is 2.05 bits per heavy atom. The molecule has 4 nitrogen and oxygen atoms in total. The van der Waals surface area contributed by atoms with Crippen molar-refractivity contribution in [2.24, 2.45) is 17.8 Å². The van der Waals surface area contributed by atoms with Gasteiger partial charge in [-0.3, -0.25) is 4.79 Å². The average Bonchev–Trinajstić information content (AvgIpc) is 2.91. The maximum Gasteiger partial charge on any atom is 0.223 e. The lowest BCUT2D eigenvalue weighted by Gasteiger charge is -2.31. The van der Waals surface area contributed by atoms with E-state index in [1.807, 2.05) is 6.92 Å². The summed E-state index contributed by atoms with van der Waals surface area (Å²) in [7, 11) is 0. The van der Waals surface area contributed by atoms with Crippen LogP contribution in [0.3, 0.4) is 0 Å². The largest absolute Gasteiger partial charge is 0.467 e. The van der Waals surface area contributed by atoms with Crippen LogP contribution in [-0.4, -0.2) is 17.1 Å². The Bertz CT molecular complexity index is 433. The molecule has 1 aliphatic carbocycles. The lowest BCUT2D eigenvalue weighted by Crippen LogP contribution is -2.40. The van der Waals surface area contributed by atoms with Gasteiger partial charge in [-0.05, 0) is 50.2 Å². The zero-order chi connectivity index (χ0) is 15.4. The highest BCUT2D eigenvalue weighted by Crippen LogP contribution is 2.33. The van der Waals surface area contributed by atoms with Crippen LogP contribution in [0.5, 0.6) is 0 Å². The first-order valence-corrected chi connectivity index (χ1v) is 7.97. The third-order valence-electron chi connectivity index (χ3n) is 4.39. The molecule has 0 bridgehead atoms. The molecule has 1 aliphatic rings. The molecule has 1 aromatic heterocycles. The molecule has 4 heteroatoms. The number of rotatable bonds is 5. The van der Waals surface area contributed by atoms with Crippen molar-refractivity contribution < 1.29 is 14.3 Å². The van der Waals surface area contributed by atoms with Crippen LogP contribution >= 0.6 is 0 Å². The zero-order valence-electron chi connectivity index (χ0n) is 13.2. The van der Waals surface area contributed by atoms with E-state index in [1.165, 1.54) is 6.42 Å². The Labute approximate surface area is 126 Å². The lowest BCUT2D eigenvalue weighted by molar-refractivity contribution is -0.127. The molecule has 0 radical (unpaired) electrons. The summed E-state index contributed by atoms with van der Waals surface area (Å²) in [6.45, 7) is 6.37. The zero-order valence-corrected chi connectivity index (χ0v) is 13.2. The number of nitrogens with one attached hydrogen (secondary N) is 1. The second-order valence-electron chi connectivity index (χ2n) is 6.79. The number of hydrogen-bond acceptors (Lipinski definition) is 3. The van der Waals surface area contributed by atoms with Gasteiger partial charge in [0.15, 0.2) is 0 Å². The van der Waals surface area contributed by atoms with Gasteiger partial charge in [0.2, 0.25) is 5.91 Å². The fraction of sp³-hybridized carbons (Fsp3) is 0.706. The van der Waals surface area contributed by atoms with Crippen LogP contribution in [-0.2, 0) is 4.79 Å². The maximum atomic E-state index is 12.4. The number of furan rings is 1. The normalized spacial score (nSPS) is 28.9. The van der Waals surface area contributed by atoms with Gasteiger partial charge in [0, 0.05) is 18.4 Å². The van der Waals surface area contributed by atoms with E-state index in [9.17, 15) is 9.90 Å². The topological polar surface area (TPSA) is 62.5 Å². The van der Waals surface area contributed by atoms with Crippen LogP contribution in [0.25, 0.3) is 0 Å². The van der Waals surface area contributed by atoms with Gasteiger partial charge in [0.25, 0.3) is 0 Å². The fourth-order valence-corrected chi connectivity index (χ4v) is 3.51. The molecule has 4 unspecified atom stereocenters. The van der Waals surface area contributed by atoms with Crippen molar-refractivity contribution in [3.63, 3.8) is 0 Å². The van der Waals surface area contributed by atoms with Crippen LogP contribution in [0, 0.1) is 17.8 Å². The summed E-state index contributed by atoms with van der Waals surface area (Å²) < 4.78 is 5.18. The predicted octanol–water partition coefficient (Wildman–Crippen LogP) is 3.28. The van der Waals surface area contributed by atoms with Crippen molar-refractivity contribution in [3.8, 4) is 0 Å². The van der Waals surface area contributed by atoms with Gasteiger partial charge >= 0.3 is 0 Å². The van der Waals surface area contributed by atoms with Gasteiger partial charge in [0.05, 0.1) is 6.26 Å². The molecule has 0 saturated heterocycles. The Hall–Kier alpha value is -1.29. The standard InChI is InChI=1S/C17H27NO3/c1-11-7-12(2)9-14(8-11)17(20)18-13(3)10-15(19)16-5-4-6-21-16/h4-6,11-15,19H,7-10H2,1-3H3,(H,18,20). The van der Waals surface area contributed by atoms with Crippen LogP contribution < -0.4 is 5.32 Å². The first-order valence-electron chi connectivity index (χ1n) is 7.97. The SMILES string of the molecule is CC1CC(C)CC(C(=O)NC(C)CC(O)c2ccco2)C1. The molecule has 0 aromatic carbocycles. The average molecular weight is 293 g/mol. The number of aliphatic hydroxyl groups excluding tert-OH is 1. The van der Waals surface area contributed by atoms with E-state index in [4.69, 9.17) is 4.42 Å². The third-order valence-corrected chi connectivity index (χ3v) is 4.39. The minimum atomic E-state index is -0.667. The summed E-state index contributed by atoms with van der Waals surface area (Å²) in [5.41, 5.74) is 0. The predicted molar refractivity (Wildman–Crippen MR) is 81.6 cm³/mol. The van der Waals surface area contributed by atoms with Gasteiger partial charge in [-0.2, -0.15) is 0 Å². The Balaban J connectivity index is 1.81. The second-order valence-corrected chi connectivity index (χ2v) is 6.79. The fourth-order valence-electron chi connectivity index (χ4n) is 3.51. The number of carbonyl (C=O) groups excluding carboxylic acids is 1. The summed E-state index contributed by atoms with van der Waals surface area (Å²) >= 11 is 0. The second kappa shape index (κ2) is 7.12. The summed E-state index contributed by atoms with van der Waals surface area (Å²) in [5, 5.41) is 13.1. The van der Waals surface area contributed by atoms with Crippen LogP contribution in [0.4, 0.5) is 0 Å². The summed E-state index contributed by atoms with van der Waals surface area (Å²) in [5.74, 6) is 2.04. The number of aliphatic hydroxyl groups is 1. The highest BCUT2D eigenvalue weighted by Gasteiger charge is 2.29. The first kappa shape index (κ1) is 16.1. The van der Waals surface area contributed by atoms with Gasteiger partial charge in [-0.25, -0.2) is 0 Å². The molecule has 1 fully saturated rings. The maximum absolute atomic E-state index is 12.4. The van der Waals surface area contributed by atoms with Crippen molar-refractivity contribution in [2.45, 2.75) is 58.6 Å². The van der Waals surface area contributed by atoms with Gasteiger partial charge in [-0.1, -0.05) is 13.8 Å². The molecule has 1 saturated carbocycles. The summed E-state index contributed by atoms with van der Waals surface area (Å²) in [4.78, 5) is 12.4. The van der Waals surface area contributed by atoms with Gasteiger partial charge in [-0.15, -0.1) is 0 Å². The Morgan fingerprint density at radius 3 is 2.62 bits per heavy atom. The van der Waals surface area contributed by atoms with Crippen molar-refractivity contribution in [2.75, 3.05) is 0 Å². The van der Waals surface area contributed by atoms with E-state index in [2.05, 4.69) is 19.2 Å². The minimum absolute atomic E-state index is 0.0647. The summed E-state index contributed by atoms with van der Waals surface area (Å²) in [6, 6.07) is 3.45. The first-order chi connectivity index (χ1) is 9.95. The van der Waals surface area contributed by atoms with E-state index in [-0.39, 0.29) is 17.9 Å². The number of amides is 1. The highest BCUT2D eigenvalue weighted by atomic mass is 16.4. The quantitative estimate of drug-likeness (QED) is 0.875. The number of hydrogen-bond donors (Lipinski definition) is 2. The van der Waals surface area contributed by atoms with Gasteiger partial charge < -0.3 is 14.8 Å². The Morgan fingerprint density at radius 1 is 1.38 bits per heavy atom. The molecule has 1 heterocycles. The van der Waals surface area contributed by atoms with E-state index >= 15 is 0 Å². The summed E-state index contributed by atoms with van der Waals surface area (Å²) in [6.07, 6.45) is 4.52. The van der Waals surface area contributed by atoms with Gasteiger partial charge in [0.1, 0.15) is 11.9 Å². The third kappa shape index (κ3) is 4.60. The highest BCUT2D eigenvalue weighted by molar-refractivity contribution is 5.79. The monoisotopic (exact) mass is 293 g/mol. The van der Waals surface area contributed by atoms with Crippen molar-refractivity contribution in [1.29, 1.82) is 0 Å². The molecule has 118 valence electrons. The van der Waals surface area contributed by atoms with Crippen molar-refractivity contribution in [1.82, 2.24) is 5.32 Å². The van der Waals surface area contributed by atoms with Crippen molar-refractivity contribution >= 4 is 5.91 Å². The number of carbonyl (C=O) groups is 1. The molecular weight excluding hydrogens is 266 g/mol. The molecule has 1 amide bonds. The Kier molecular flexibility index (Phi) is 5.45. The molecule has 1 aromatic rings. The molecule has 2 rings (SSSR count). The van der Waals surface area contributed by atoms with Crippen LogP contribution in [0.2, 0.25) is 0 Å².